The van der Waals surface area contributed by atoms with Crippen LogP contribution in [0.5, 0.6) is 0 Å². The first-order valence-electron chi connectivity index (χ1n) is 14.7. The fourth-order valence-electron chi connectivity index (χ4n) is 5.84. The number of halogens is 6. The minimum Gasteiger partial charge on any atom is -0.364 e. The van der Waals surface area contributed by atoms with Crippen LogP contribution in [0, 0.1) is 0 Å². The molecule has 4 atom stereocenters. The summed E-state index contributed by atoms with van der Waals surface area (Å²) >= 11 is 39.4. The van der Waals surface area contributed by atoms with E-state index in [4.69, 9.17) is 74.3 Å². The van der Waals surface area contributed by atoms with E-state index in [0.717, 1.165) is 22.3 Å². The first kappa shape index (κ1) is 33.9. The Hall–Kier alpha value is -3.00. The van der Waals surface area contributed by atoms with Gasteiger partial charge in [-0.1, -0.05) is 106 Å². The second kappa shape index (κ2) is 15.5. The molecule has 2 heterocycles. The zero-order valence-corrected chi connectivity index (χ0v) is 29.3. The molecule has 0 aliphatic heterocycles. The van der Waals surface area contributed by atoms with E-state index < -0.39 is 12.2 Å². The third kappa shape index (κ3) is 8.36. The molecule has 0 bridgehead atoms. The van der Waals surface area contributed by atoms with Gasteiger partial charge in [-0.05, 0) is 70.8 Å². The van der Waals surface area contributed by atoms with Crippen molar-refractivity contribution in [1.29, 1.82) is 0 Å². The van der Waals surface area contributed by atoms with Crippen molar-refractivity contribution in [2.45, 2.75) is 37.1 Å². The Morgan fingerprint density at radius 3 is 1.23 bits per heavy atom. The highest BCUT2D eigenvalue weighted by Crippen LogP contribution is 2.47. The van der Waals surface area contributed by atoms with Crippen LogP contribution in [0.25, 0.3) is 0 Å². The second-order valence-electron chi connectivity index (χ2n) is 11.1. The summed E-state index contributed by atoms with van der Waals surface area (Å²) in [5.41, 5.74) is 3.56. The molecule has 0 N–H and O–H groups in total. The van der Waals surface area contributed by atoms with Crippen LogP contribution >= 0.6 is 69.6 Å². The molecule has 5 nitrogen and oxygen atoms in total. The van der Waals surface area contributed by atoms with Crippen molar-refractivity contribution in [2.24, 2.45) is 0 Å². The summed E-state index contributed by atoms with van der Waals surface area (Å²) < 4.78 is 11.5. The van der Waals surface area contributed by atoms with Gasteiger partial charge >= 0.3 is 0 Å². The molecule has 2 aromatic heterocycles. The Bertz CT molecular complexity index is 1760. The minimum absolute atomic E-state index is 0.292. The molecule has 6 aromatic rings. The zero-order valence-electron chi connectivity index (χ0n) is 24.7. The summed E-state index contributed by atoms with van der Waals surface area (Å²) in [6, 6.07) is 26.5. The summed E-state index contributed by atoms with van der Waals surface area (Å²) in [7, 11) is 0. The number of aromatic nitrogens is 4. The van der Waals surface area contributed by atoms with Crippen molar-refractivity contribution in [1.82, 2.24) is 19.1 Å². The van der Waals surface area contributed by atoms with Crippen LogP contribution in [0.2, 0.25) is 30.1 Å². The van der Waals surface area contributed by atoms with Gasteiger partial charge in [-0.25, -0.2) is 9.97 Å². The molecule has 0 saturated carbocycles. The molecule has 0 amide bonds. The van der Waals surface area contributed by atoms with Crippen LogP contribution in [0.3, 0.4) is 0 Å². The number of benzene rings is 4. The van der Waals surface area contributed by atoms with Crippen LogP contribution in [-0.2, 0) is 17.8 Å². The monoisotopic (exact) mass is 742 g/mol. The van der Waals surface area contributed by atoms with Gasteiger partial charge in [0.15, 0.2) is 0 Å². The number of rotatable bonds is 12. The van der Waals surface area contributed by atoms with Crippen molar-refractivity contribution < 1.29 is 4.74 Å². The molecule has 47 heavy (non-hydrogen) atoms. The number of nitrogens with zero attached hydrogens (tertiary/aromatic N) is 4. The second-order valence-corrected chi connectivity index (χ2v) is 13.7. The Balaban J connectivity index is 1.55. The Labute approximate surface area is 303 Å². The Kier molecular flexibility index (Phi) is 11.2. The largest absolute Gasteiger partial charge is 0.364 e. The summed E-state index contributed by atoms with van der Waals surface area (Å²) in [6.07, 6.45) is 9.82. The van der Waals surface area contributed by atoms with E-state index in [2.05, 4.69) is 9.97 Å². The third-order valence-corrected chi connectivity index (χ3v) is 9.71. The van der Waals surface area contributed by atoms with Gasteiger partial charge in [-0.2, -0.15) is 0 Å². The van der Waals surface area contributed by atoms with Crippen molar-refractivity contribution in [3.63, 3.8) is 0 Å². The van der Waals surface area contributed by atoms with Crippen molar-refractivity contribution in [2.75, 3.05) is 0 Å². The van der Waals surface area contributed by atoms with E-state index in [-0.39, 0.29) is 11.8 Å². The Morgan fingerprint density at radius 2 is 0.894 bits per heavy atom. The lowest BCUT2D eigenvalue weighted by Gasteiger charge is -2.36. The smallest absolute Gasteiger partial charge is 0.0946 e. The molecule has 0 radical (unpaired) electrons. The van der Waals surface area contributed by atoms with Crippen LogP contribution < -0.4 is 0 Å². The van der Waals surface area contributed by atoms with Gasteiger partial charge in [-0.15, -0.1) is 0 Å². The van der Waals surface area contributed by atoms with E-state index in [1.165, 1.54) is 0 Å². The molecule has 0 aliphatic carbocycles. The van der Waals surface area contributed by atoms with E-state index in [9.17, 15) is 0 Å². The number of hydrogen-bond donors (Lipinski definition) is 0. The number of hydrogen-bond acceptors (Lipinski definition) is 3. The van der Waals surface area contributed by atoms with Crippen LogP contribution in [0.4, 0.5) is 0 Å². The summed E-state index contributed by atoms with van der Waals surface area (Å²) in [6.45, 7) is 1.02. The lowest BCUT2D eigenvalue weighted by molar-refractivity contribution is -0.0491. The molecule has 4 aromatic carbocycles. The van der Waals surface area contributed by atoms with Gasteiger partial charge in [0.1, 0.15) is 0 Å². The van der Waals surface area contributed by atoms with Gasteiger partial charge in [0.25, 0.3) is 0 Å². The molecule has 6 rings (SSSR count). The molecular formula is C36H28Cl6N4O. The predicted molar refractivity (Wildman–Crippen MR) is 192 cm³/mol. The topological polar surface area (TPSA) is 44.9 Å². The maximum atomic E-state index is 7.47. The van der Waals surface area contributed by atoms with E-state index in [1.54, 1.807) is 37.2 Å². The molecule has 0 saturated heterocycles. The molecule has 0 spiro atoms. The number of ether oxygens (including phenoxy) is 1. The average molecular weight is 745 g/mol. The van der Waals surface area contributed by atoms with Crippen LogP contribution in [0.1, 0.15) is 46.3 Å². The SMILES string of the molecule is Clc1ccc(C(OC(c2ccc(Cl)cc2)C(Cn2ccnc2)c2ccc(Cl)cc2Cl)C(Cn2ccnc2)c2ccc(Cl)cc2Cl)cc1. The molecule has 0 fully saturated rings. The van der Waals surface area contributed by atoms with Gasteiger partial charge in [0.2, 0.25) is 0 Å². The predicted octanol–water partition coefficient (Wildman–Crippen LogP) is 11.8. The van der Waals surface area contributed by atoms with E-state index in [1.807, 2.05) is 94.3 Å². The summed E-state index contributed by atoms with van der Waals surface area (Å²) in [4.78, 5) is 8.59. The zero-order chi connectivity index (χ0) is 32.9. The summed E-state index contributed by atoms with van der Waals surface area (Å²) in [5, 5.41) is 3.38. The first-order valence-corrected chi connectivity index (χ1v) is 17.0. The molecule has 4 unspecified atom stereocenters. The van der Waals surface area contributed by atoms with Gasteiger partial charge in [-0.3, -0.25) is 0 Å². The highest BCUT2D eigenvalue weighted by molar-refractivity contribution is 6.35. The standard InChI is InChI=1S/C36H28Cl6N4O/c37-25-5-1-23(2-6-25)35(31(19-45-15-13-43-21-45)29-11-9-27(39)17-33(29)41)47-36(24-3-7-26(38)8-4-24)32(20-46-16-14-44-22-46)30-12-10-28(40)18-34(30)42/h1-18,21-22,31-32,35-36H,19-20H2. The van der Waals surface area contributed by atoms with Crippen molar-refractivity contribution >= 4 is 69.6 Å². The van der Waals surface area contributed by atoms with Gasteiger partial charge < -0.3 is 13.9 Å². The number of imidazole rings is 2. The van der Waals surface area contributed by atoms with Gasteiger partial charge in [0.05, 0.1) is 24.9 Å². The third-order valence-electron chi connectivity index (χ3n) is 8.08. The quantitative estimate of drug-likeness (QED) is 0.125. The summed E-state index contributed by atoms with van der Waals surface area (Å²) in [5.74, 6) is -0.584. The molecular weight excluding hydrogens is 717 g/mol. The average Bonchev–Trinajstić information content (AvgIpc) is 3.77. The Morgan fingerprint density at radius 1 is 0.511 bits per heavy atom. The lowest BCUT2D eigenvalue weighted by Crippen LogP contribution is -2.26. The lowest BCUT2D eigenvalue weighted by atomic mass is 9.85. The molecule has 240 valence electrons. The highest BCUT2D eigenvalue weighted by Gasteiger charge is 2.36. The van der Waals surface area contributed by atoms with Crippen molar-refractivity contribution in [3.8, 4) is 0 Å². The normalized spacial score (nSPS) is 14.1. The maximum Gasteiger partial charge on any atom is 0.0946 e. The van der Waals surface area contributed by atoms with Crippen molar-refractivity contribution in [3.05, 3.63) is 175 Å². The van der Waals surface area contributed by atoms with Crippen LogP contribution in [0.15, 0.2) is 122 Å². The maximum absolute atomic E-state index is 7.47. The van der Waals surface area contributed by atoms with Gasteiger partial charge in [0, 0.05) is 79.8 Å². The van der Waals surface area contributed by atoms with E-state index in [0.29, 0.717) is 43.2 Å². The molecule has 11 heteroatoms. The highest BCUT2D eigenvalue weighted by atomic mass is 35.5. The minimum atomic E-state index is -0.537. The molecule has 0 aliphatic rings. The first-order chi connectivity index (χ1) is 22.7. The van der Waals surface area contributed by atoms with Crippen LogP contribution in [-0.4, -0.2) is 19.1 Å². The fourth-order valence-corrected chi connectivity index (χ4v) is 7.19. The fraction of sp³-hybridized carbons (Fsp3) is 0.167. The van der Waals surface area contributed by atoms with E-state index >= 15 is 0 Å².